The van der Waals surface area contributed by atoms with Gasteiger partial charge in [-0.3, -0.25) is 9.59 Å². The number of thiazole rings is 1. The summed E-state index contributed by atoms with van der Waals surface area (Å²) in [4.78, 5) is 26.8. The molecule has 18 heavy (non-hydrogen) atoms. The maximum atomic E-state index is 11.9. The van der Waals surface area contributed by atoms with E-state index in [0.29, 0.717) is 5.01 Å². The summed E-state index contributed by atoms with van der Waals surface area (Å²) in [6.07, 6.45) is 5.51. The molecule has 0 aromatic carbocycles. The fraction of sp³-hybridized carbons (Fsp3) is 0.500. The average Bonchev–Trinajstić information content (AvgIpc) is 2.81. The van der Waals surface area contributed by atoms with Gasteiger partial charge in [-0.25, -0.2) is 4.98 Å². The van der Waals surface area contributed by atoms with Crippen LogP contribution in [0.25, 0.3) is 0 Å². The Kier molecular flexibility index (Phi) is 4.08. The highest BCUT2D eigenvalue weighted by Crippen LogP contribution is 2.27. The van der Waals surface area contributed by atoms with E-state index < -0.39 is 5.91 Å². The zero-order valence-electron chi connectivity index (χ0n) is 9.96. The molecule has 97 valence electrons. The van der Waals surface area contributed by atoms with Crippen LogP contribution < -0.4 is 11.5 Å². The molecule has 1 radical (unpaired) electrons. The molecule has 1 heterocycles. The van der Waals surface area contributed by atoms with Gasteiger partial charge in [0.05, 0.1) is 0 Å². The van der Waals surface area contributed by atoms with E-state index in [1.807, 2.05) is 0 Å². The second-order valence-corrected chi connectivity index (χ2v) is 5.47. The van der Waals surface area contributed by atoms with Gasteiger partial charge in [0.1, 0.15) is 5.69 Å². The highest BCUT2D eigenvalue weighted by Gasteiger charge is 2.23. The van der Waals surface area contributed by atoms with Gasteiger partial charge in [-0.05, 0) is 31.6 Å². The molecular formula is C12H16N3O2S. The van der Waals surface area contributed by atoms with Crippen LogP contribution in [0.15, 0.2) is 5.38 Å². The fourth-order valence-corrected chi connectivity index (χ4v) is 2.82. The van der Waals surface area contributed by atoms with Gasteiger partial charge < -0.3 is 11.5 Å². The second-order valence-electron chi connectivity index (χ2n) is 4.61. The molecule has 0 aliphatic heterocycles. The summed E-state index contributed by atoms with van der Waals surface area (Å²) in [6.45, 7) is 0. The summed E-state index contributed by atoms with van der Waals surface area (Å²) in [5.41, 5.74) is 11.1. The van der Waals surface area contributed by atoms with E-state index in [1.54, 1.807) is 6.42 Å². The van der Waals surface area contributed by atoms with Crippen LogP contribution in [0.3, 0.4) is 0 Å². The molecule has 0 spiro atoms. The van der Waals surface area contributed by atoms with Crippen LogP contribution in [0.2, 0.25) is 0 Å². The van der Waals surface area contributed by atoms with Crippen molar-refractivity contribution in [2.24, 2.45) is 17.4 Å². The molecule has 0 atom stereocenters. The number of ketones is 1. The first kappa shape index (κ1) is 13.2. The summed E-state index contributed by atoms with van der Waals surface area (Å²) in [5, 5.41) is 1.85. The first-order valence-corrected chi connectivity index (χ1v) is 6.84. The van der Waals surface area contributed by atoms with Gasteiger partial charge in [-0.15, -0.1) is 11.3 Å². The van der Waals surface area contributed by atoms with Crippen molar-refractivity contribution >= 4 is 23.0 Å². The van der Waals surface area contributed by atoms with E-state index in [0.717, 1.165) is 37.0 Å². The SMILES string of the molecule is NC(=O)c1csc(C(=O)[CH]C2CCC(N)CC2)n1. The summed E-state index contributed by atoms with van der Waals surface area (Å²) >= 11 is 1.16. The number of nitrogens with zero attached hydrogens (tertiary/aromatic N) is 1. The Labute approximate surface area is 110 Å². The van der Waals surface area contributed by atoms with Crippen molar-refractivity contribution in [1.82, 2.24) is 4.98 Å². The third-order valence-electron chi connectivity index (χ3n) is 3.17. The number of primary amides is 1. The first-order chi connectivity index (χ1) is 8.56. The van der Waals surface area contributed by atoms with Crippen molar-refractivity contribution in [3.63, 3.8) is 0 Å². The number of hydrogen-bond acceptors (Lipinski definition) is 5. The molecule has 0 saturated heterocycles. The largest absolute Gasteiger partial charge is 0.364 e. The number of amides is 1. The Balaban J connectivity index is 1.93. The third-order valence-corrected chi connectivity index (χ3v) is 4.03. The van der Waals surface area contributed by atoms with Crippen LogP contribution in [-0.4, -0.2) is 22.7 Å². The molecule has 2 rings (SSSR count). The second kappa shape index (κ2) is 5.58. The first-order valence-electron chi connectivity index (χ1n) is 5.96. The van der Waals surface area contributed by atoms with Crippen LogP contribution in [0.4, 0.5) is 0 Å². The molecule has 6 heteroatoms. The van der Waals surface area contributed by atoms with Gasteiger partial charge in [-0.1, -0.05) is 0 Å². The van der Waals surface area contributed by atoms with E-state index in [-0.39, 0.29) is 23.4 Å². The molecule has 1 saturated carbocycles. The molecule has 4 N–H and O–H groups in total. The maximum absolute atomic E-state index is 11.9. The topological polar surface area (TPSA) is 99.1 Å². The van der Waals surface area contributed by atoms with Gasteiger partial charge in [0.2, 0.25) is 0 Å². The van der Waals surface area contributed by atoms with E-state index in [1.165, 1.54) is 5.38 Å². The molecule has 1 aliphatic carbocycles. The predicted octanol–water partition coefficient (Wildman–Crippen LogP) is 1.15. The number of aromatic nitrogens is 1. The van der Waals surface area contributed by atoms with Crippen molar-refractivity contribution in [2.45, 2.75) is 31.7 Å². The fourth-order valence-electron chi connectivity index (χ4n) is 2.10. The van der Waals surface area contributed by atoms with Crippen LogP contribution in [0, 0.1) is 12.3 Å². The molecule has 1 aromatic heterocycles. The van der Waals surface area contributed by atoms with Crippen molar-refractivity contribution in [3.8, 4) is 0 Å². The number of nitrogens with two attached hydrogens (primary N) is 2. The minimum Gasteiger partial charge on any atom is -0.364 e. The molecule has 0 bridgehead atoms. The molecule has 1 amide bonds. The van der Waals surface area contributed by atoms with Crippen LogP contribution in [0.1, 0.15) is 46.0 Å². The lowest BCUT2D eigenvalue weighted by molar-refractivity contribution is 0.0996. The average molecular weight is 266 g/mol. The number of carbonyl (C=O) groups is 2. The quantitative estimate of drug-likeness (QED) is 0.798. The Bertz CT molecular complexity index is 450. The smallest absolute Gasteiger partial charge is 0.268 e. The zero-order valence-corrected chi connectivity index (χ0v) is 10.8. The number of hydrogen-bond donors (Lipinski definition) is 2. The van der Waals surface area contributed by atoms with Crippen molar-refractivity contribution in [1.29, 1.82) is 0 Å². The summed E-state index contributed by atoms with van der Waals surface area (Å²) in [7, 11) is 0. The summed E-state index contributed by atoms with van der Waals surface area (Å²) < 4.78 is 0. The van der Waals surface area contributed by atoms with Crippen molar-refractivity contribution in [3.05, 3.63) is 22.5 Å². The number of rotatable bonds is 4. The molecule has 5 nitrogen and oxygen atoms in total. The van der Waals surface area contributed by atoms with Crippen LogP contribution >= 0.6 is 11.3 Å². The number of Topliss-reactive ketones (excluding diaryl/α,β-unsaturated/α-hetero) is 1. The third kappa shape index (κ3) is 3.14. The lowest BCUT2D eigenvalue weighted by Crippen LogP contribution is -2.27. The van der Waals surface area contributed by atoms with Gasteiger partial charge in [0, 0.05) is 17.8 Å². The Hall–Kier alpha value is -1.27. The maximum Gasteiger partial charge on any atom is 0.268 e. The van der Waals surface area contributed by atoms with Gasteiger partial charge in [0.25, 0.3) is 5.91 Å². The van der Waals surface area contributed by atoms with E-state index >= 15 is 0 Å². The number of carbonyl (C=O) groups excluding carboxylic acids is 2. The molecule has 1 aliphatic rings. The highest BCUT2D eigenvalue weighted by molar-refractivity contribution is 7.12. The standard InChI is InChI=1S/C12H16N3O2S/c13-8-3-1-7(2-4-8)5-10(16)12-15-9(6-18-12)11(14)17/h5-8H,1-4,13H2,(H2,14,17). The summed E-state index contributed by atoms with van der Waals surface area (Å²) in [5.74, 6) is -0.444. The van der Waals surface area contributed by atoms with E-state index in [4.69, 9.17) is 11.5 Å². The molecular weight excluding hydrogens is 250 g/mol. The molecule has 1 fully saturated rings. The Morgan fingerprint density at radius 1 is 1.33 bits per heavy atom. The Morgan fingerprint density at radius 2 is 2.00 bits per heavy atom. The molecule has 0 unspecified atom stereocenters. The predicted molar refractivity (Wildman–Crippen MR) is 69.2 cm³/mol. The van der Waals surface area contributed by atoms with Gasteiger partial charge >= 0.3 is 0 Å². The van der Waals surface area contributed by atoms with E-state index in [9.17, 15) is 9.59 Å². The minimum atomic E-state index is -0.603. The minimum absolute atomic E-state index is 0.118. The van der Waals surface area contributed by atoms with Crippen LogP contribution in [-0.2, 0) is 0 Å². The van der Waals surface area contributed by atoms with Gasteiger partial charge in [-0.2, -0.15) is 0 Å². The summed E-state index contributed by atoms with van der Waals surface area (Å²) in [6, 6.07) is 0.270. The van der Waals surface area contributed by atoms with Crippen molar-refractivity contribution in [2.75, 3.05) is 0 Å². The molecule has 1 aromatic rings. The van der Waals surface area contributed by atoms with Crippen molar-refractivity contribution < 1.29 is 9.59 Å². The lowest BCUT2D eigenvalue weighted by Gasteiger charge is -2.24. The van der Waals surface area contributed by atoms with Crippen LogP contribution in [0.5, 0.6) is 0 Å². The highest BCUT2D eigenvalue weighted by atomic mass is 32.1. The van der Waals surface area contributed by atoms with E-state index in [2.05, 4.69) is 4.98 Å². The Morgan fingerprint density at radius 3 is 2.56 bits per heavy atom. The zero-order chi connectivity index (χ0) is 13.1. The monoisotopic (exact) mass is 266 g/mol. The lowest BCUT2D eigenvalue weighted by atomic mass is 9.83. The van der Waals surface area contributed by atoms with Gasteiger partial charge in [0.15, 0.2) is 10.8 Å². The normalized spacial score (nSPS) is 23.8.